The van der Waals surface area contributed by atoms with Crippen LogP contribution >= 0.6 is 0 Å². The van der Waals surface area contributed by atoms with Gasteiger partial charge >= 0.3 is 11.9 Å². The van der Waals surface area contributed by atoms with Gasteiger partial charge in [-0.25, -0.2) is 0 Å². The van der Waals surface area contributed by atoms with Gasteiger partial charge in [-0.15, -0.1) is 0 Å². The highest BCUT2D eigenvalue weighted by molar-refractivity contribution is 5.80. The van der Waals surface area contributed by atoms with Crippen LogP contribution in [0.4, 0.5) is 0 Å². The summed E-state index contributed by atoms with van der Waals surface area (Å²) in [4.78, 5) is 23.6. The summed E-state index contributed by atoms with van der Waals surface area (Å²) >= 11 is 0. The lowest BCUT2D eigenvalue weighted by Crippen LogP contribution is -2.59. The van der Waals surface area contributed by atoms with Crippen LogP contribution in [0.3, 0.4) is 0 Å². The molecule has 4 atom stereocenters. The molecule has 0 radical (unpaired) electrons. The fourth-order valence-corrected chi connectivity index (χ4v) is 3.46. The van der Waals surface area contributed by atoms with Crippen molar-refractivity contribution < 1.29 is 19.4 Å². The highest BCUT2D eigenvalue weighted by atomic mass is 16.6. The van der Waals surface area contributed by atoms with Crippen molar-refractivity contribution in [2.75, 3.05) is 0 Å². The molecule has 1 saturated heterocycles. The van der Waals surface area contributed by atoms with Crippen molar-refractivity contribution in [2.45, 2.75) is 70.6 Å². The monoisotopic (exact) mass is 283 g/mol. The largest absolute Gasteiger partial charge is 0.480 e. The van der Waals surface area contributed by atoms with Gasteiger partial charge in [0.1, 0.15) is 17.7 Å². The molecule has 0 amide bonds. The van der Waals surface area contributed by atoms with Crippen molar-refractivity contribution in [1.82, 2.24) is 5.32 Å². The maximum absolute atomic E-state index is 12.4. The molecule has 1 heterocycles. The number of carboxylic acids is 1. The summed E-state index contributed by atoms with van der Waals surface area (Å²) in [6.07, 6.45) is 4.87. The van der Waals surface area contributed by atoms with Crippen molar-refractivity contribution in [2.24, 2.45) is 11.8 Å². The molecule has 0 aromatic heterocycles. The van der Waals surface area contributed by atoms with E-state index in [1.807, 2.05) is 20.8 Å². The van der Waals surface area contributed by atoms with Gasteiger partial charge in [-0.1, -0.05) is 19.3 Å². The Kier molecular flexibility index (Phi) is 4.37. The van der Waals surface area contributed by atoms with Gasteiger partial charge in [-0.05, 0) is 45.4 Å². The minimum absolute atomic E-state index is 0.217. The first kappa shape index (κ1) is 15.3. The fourth-order valence-electron chi connectivity index (χ4n) is 3.46. The maximum atomic E-state index is 12.4. The summed E-state index contributed by atoms with van der Waals surface area (Å²) in [5.74, 6) is -0.638. The van der Waals surface area contributed by atoms with Crippen molar-refractivity contribution in [1.29, 1.82) is 0 Å². The molecule has 0 aromatic carbocycles. The topological polar surface area (TPSA) is 75.6 Å². The summed E-state index contributed by atoms with van der Waals surface area (Å²) in [7, 11) is 0. The lowest BCUT2D eigenvalue weighted by molar-refractivity contribution is -0.163. The molecule has 2 N–H and O–H groups in total. The Hall–Kier alpha value is -1.10. The minimum atomic E-state index is -0.873. The number of hydrogen-bond acceptors (Lipinski definition) is 4. The van der Waals surface area contributed by atoms with E-state index >= 15 is 0 Å². The van der Waals surface area contributed by atoms with Crippen LogP contribution in [-0.4, -0.2) is 34.7 Å². The molecule has 1 saturated carbocycles. The molecule has 2 aliphatic rings. The van der Waals surface area contributed by atoms with E-state index in [2.05, 4.69) is 5.32 Å². The number of ether oxygens (including phenoxy) is 1. The third kappa shape index (κ3) is 3.51. The number of carboxylic acid groups (broad SMARTS) is 1. The van der Waals surface area contributed by atoms with Crippen LogP contribution in [0, 0.1) is 11.8 Å². The van der Waals surface area contributed by atoms with E-state index in [1.54, 1.807) is 0 Å². The summed E-state index contributed by atoms with van der Waals surface area (Å²) < 4.78 is 5.46. The van der Waals surface area contributed by atoms with E-state index < -0.39 is 23.7 Å². The van der Waals surface area contributed by atoms with E-state index in [9.17, 15) is 14.7 Å². The first-order valence-corrected chi connectivity index (χ1v) is 7.49. The summed E-state index contributed by atoms with van der Waals surface area (Å²) in [5, 5.41) is 12.2. The van der Waals surface area contributed by atoms with Crippen LogP contribution in [0.1, 0.15) is 52.9 Å². The molecule has 1 aliphatic heterocycles. The molecule has 20 heavy (non-hydrogen) atoms. The van der Waals surface area contributed by atoms with Crippen LogP contribution in [0.15, 0.2) is 0 Å². The number of rotatable bonds is 2. The number of hydrogen-bond donors (Lipinski definition) is 2. The van der Waals surface area contributed by atoms with E-state index in [4.69, 9.17) is 4.74 Å². The van der Waals surface area contributed by atoms with Gasteiger partial charge in [-0.3, -0.25) is 14.9 Å². The zero-order chi connectivity index (χ0) is 14.9. The third-order valence-electron chi connectivity index (χ3n) is 4.27. The predicted octanol–water partition coefficient (Wildman–Crippen LogP) is 1.95. The standard InChI is InChI=1S/C15H25NO4/c1-15(2,3)20-14(19)12-10-7-5-4-6-9(10)8-11(16-12)13(17)18/h9-12,16H,4-8H2,1-3H3,(H,17,18). The average molecular weight is 283 g/mol. The Morgan fingerprint density at radius 2 is 1.85 bits per heavy atom. The van der Waals surface area contributed by atoms with Gasteiger partial charge in [0, 0.05) is 0 Å². The van der Waals surface area contributed by atoms with Gasteiger partial charge < -0.3 is 9.84 Å². The van der Waals surface area contributed by atoms with E-state index in [1.165, 1.54) is 0 Å². The van der Waals surface area contributed by atoms with Gasteiger partial charge in [0.2, 0.25) is 0 Å². The smallest absolute Gasteiger partial charge is 0.323 e. The van der Waals surface area contributed by atoms with Gasteiger partial charge in [0.25, 0.3) is 0 Å². The van der Waals surface area contributed by atoms with Gasteiger partial charge in [-0.2, -0.15) is 0 Å². The zero-order valence-electron chi connectivity index (χ0n) is 12.5. The average Bonchev–Trinajstić information content (AvgIpc) is 2.35. The number of carbonyl (C=O) groups excluding carboxylic acids is 1. The van der Waals surface area contributed by atoms with Crippen LogP contribution in [0.5, 0.6) is 0 Å². The Morgan fingerprint density at radius 1 is 1.20 bits per heavy atom. The molecular weight excluding hydrogens is 258 g/mol. The SMILES string of the molecule is CC(C)(C)OC(=O)C1NC(C(=O)O)CC2CCCCC21. The molecule has 5 nitrogen and oxygen atoms in total. The number of nitrogens with one attached hydrogen (secondary N) is 1. The highest BCUT2D eigenvalue weighted by Gasteiger charge is 2.45. The van der Waals surface area contributed by atoms with Crippen molar-refractivity contribution in [3.05, 3.63) is 0 Å². The van der Waals surface area contributed by atoms with Crippen LogP contribution < -0.4 is 5.32 Å². The summed E-state index contributed by atoms with van der Waals surface area (Å²) in [5.41, 5.74) is -0.543. The predicted molar refractivity (Wildman–Crippen MR) is 74.3 cm³/mol. The molecule has 5 heteroatoms. The molecule has 0 bridgehead atoms. The van der Waals surface area contributed by atoms with Crippen LogP contribution in [0.2, 0.25) is 0 Å². The van der Waals surface area contributed by atoms with Crippen molar-refractivity contribution >= 4 is 11.9 Å². The van der Waals surface area contributed by atoms with E-state index in [-0.39, 0.29) is 11.9 Å². The van der Waals surface area contributed by atoms with Gasteiger partial charge in [0.15, 0.2) is 0 Å². The molecule has 114 valence electrons. The van der Waals surface area contributed by atoms with E-state index in [0.29, 0.717) is 12.3 Å². The number of fused-ring (bicyclic) bond motifs is 1. The Balaban J connectivity index is 2.14. The summed E-state index contributed by atoms with van der Waals surface area (Å²) in [6.45, 7) is 5.50. The first-order valence-electron chi connectivity index (χ1n) is 7.49. The Morgan fingerprint density at radius 3 is 2.45 bits per heavy atom. The molecule has 0 aromatic rings. The molecular formula is C15H25NO4. The number of carbonyl (C=O) groups is 2. The number of esters is 1. The molecule has 2 fully saturated rings. The Bertz CT molecular complexity index is 388. The molecule has 0 spiro atoms. The van der Waals surface area contributed by atoms with Gasteiger partial charge in [0.05, 0.1) is 0 Å². The molecule has 1 aliphatic carbocycles. The van der Waals surface area contributed by atoms with E-state index in [0.717, 1.165) is 25.7 Å². The first-order chi connectivity index (χ1) is 9.28. The second-order valence-corrected chi connectivity index (χ2v) is 7.01. The van der Waals surface area contributed by atoms with Crippen molar-refractivity contribution in [3.63, 3.8) is 0 Å². The minimum Gasteiger partial charge on any atom is -0.480 e. The quantitative estimate of drug-likeness (QED) is 0.758. The lowest BCUT2D eigenvalue weighted by atomic mass is 9.70. The molecule has 2 rings (SSSR count). The third-order valence-corrected chi connectivity index (χ3v) is 4.27. The van der Waals surface area contributed by atoms with Crippen LogP contribution in [-0.2, 0) is 14.3 Å². The summed E-state index contributed by atoms with van der Waals surface area (Å²) in [6, 6.07) is -1.11. The second-order valence-electron chi connectivity index (χ2n) is 7.01. The Labute approximate surface area is 120 Å². The van der Waals surface area contributed by atoms with Crippen molar-refractivity contribution in [3.8, 4) is 0 Å². The second kappa shape index (κ2) is 5.72. The lowest BCUT2D eigenvalue weighted by Gasteiger charge is -2.43. The zero-order valence-corrected chi connectivity index (χ0v) is 12.5. The number of aliphatic carboxylic acids is 1. The molecule has 4 unspecified atom stereocenters. The number of piperidine rings is 1. The maximum Gasteiger partial charge on any atom is 0.323 e. The van der Waals surface area contributed by atoms with Crippen LogP contribution in [0.25, 0.3) is 0 Å². The fraction of sp³-hybridized carbons (Fsp3) is 0.867. The normalized spacial score (nSPS) is 34.1. The highest BCUT2D eigenvalue weighted by Crippen LogP contribution is 2.39.